The van der Waals surface area contributed by atoms with Gasteiger partial charge in [0.25, 0.3) is 5.56 Å². The van der Waals surface area contributed by atoms with Gasteiger partial charge in [0.1, 0.15) is 5.82 Å². The van der Waals surface area contributed by atoms with Gasteiger partial charge in [-0.1, -0.05) is 19.9 Å². The Balaban J connectivity index is 2.27. The van der Waals surface area contributed by atoms with E-state index in [9.17, 15) is 14.4 Å². The van der Waals surface area contributed by atoms with E-state index in [1.54, 1.807) is 12.4 Å². The molecular weight excluding hydrogens is 394 g/mol. The molecule has 10 heteroatoms. The zero-order chi connectivity index (χ0) is 21.4. The van der Waals surface area contributed by atoms with Crippen molar-refractivity contribution in [3.8, 4) is 0 Å². The lowest BCUT2D eigenvalue weighted by Crippen LogP contribution is -2.43. The molecule has 158 valence electrons. The summed E-state index contributed by atoms with van der Waals surface area (Å²) in [7, 11) is 1.51. The second kappa shape index (κ2) is 10.8. The Morgan fingerprint density at radius 2 is 2.17 bits per heavy atom. The number of rotatable bonds is 10. The molecule has 0 bridgehead atoms. The molecule has 0 aliphatic heterocycles. The Hall–Kier alpha value is -2.59. The zero-order valence-electron chi connectivity index (χ0n) is 16.9. The molecule has 0 spiro atoms. The smallest absolute Gasteiger partial charge is 0.330 e. The Labute approximate surface area is 173 Å². The van der Waals surface area contributed by atoms with Gasteiger partial charge in [-0.05, 0) is 17.5 Å². The largest absolute Gasteiger partial charge is 0.383 e. The number of carbonyl (C=O) groups is 1. The van der Waals surface area contributed by atoms with E-state index in [1.165, 1.54) is 28.3 Å². The molecule has 2 heterocycles. The molecule has 0 aliphatic rings. The number of aromatic amines is 1. The van der Waals surface area contributed by atoms with Crippen LogP contribution in [0.1, 0.15) is 19.4 Å². The van der Waals surface area contributed by atoms with Gasteiger partial charge in [0.2, 0.25) is 5.91 Å². The first kappa shape index (κ1) is 22.7. The van der Waals surface area contributed by atoms with Gasteiger partial charge in [-0.3, -0.25) is 24.1 Å². The summed E-state index contributed by atoms with van der Waals surface area (Å²) in [6.45, 7) is 4.56. The first-order valence-corrected chi connectivity index (χ1v) is 10.4. The number of amides is 1. The second-order valence-electron chi connectivity index (χ2n) is 6.89. The number of nitrogen functional groups attached to an aromatic ring is 1. The SMILES string of the molecule is COCCN(C(=O)CSCc1cccnc1)c1c(N)n(CC(C)C)c(=O)[nH]c1=O. The van der Waals surface area contributed by atoms with E-state index in [0.29, 0.717) is 12.3 Å². The second-order valence-corrected chi connectivity index (χ2v) is 7.88. The molecule has 2 aromatic rings. The predicted molar refractivity (Wildman–Crippen MR) is 115 cm³/mol. The van der Waals surface area contributed by atoms with E-state index in [-0.39, 0.29) is 42.2 Å². The zero-order valence-corrected chi connectivity index (χ0v) is 17.7. The quantitative estimate of drug-likeness (QED) is 0.588. The van der Waals surface area contributed by atoms with Gasteiger partial charge in [-0.15, -0.1) is 11.8 Å². The van der Waals surface area contributed by atoms with Crippen LogP contribution in [0.25, 0.3) is 0 Å². The van der Waals surface area contributed by atoms with Gasteiger partial charge in [-0.25, -0.2) is 4.79 Å². The lowest BCUT2D eigenvalue weighted by Gasteiger charge is -2.24. The van der Waals surface area contributed by atoms with E-state index in [1.807, 2.05) is 26.0 Å². The van der Waals surface area contributed by atoms with Gasteiger partial charge in [-0.2, -0.15) is 0 Å². The van der Waals surface area contributed by atoms with Crippen molar-refractivity contribution in [2.45, 2.75) is 26.1 Å². The summed E-state index contributed by atoms with van der Waals surface area (Å²) in [6, 6.07) is 3.76. The Kier molecular flexibility index (Phi) is 8.47. The van der Waals surface area contributed by atoms with Gasteiger partial charge >= 0.3 is 5.69 Å². The van der Waals surface area contributed by atoms with Gasteiger partial charge in [0.05, 0.1) is 12.4 Å². The van der Waals surface area contributed by atoms with Crippen molar-refractivity contribution in [3.05, 3.63) is 50.9 Å². The third-order valence-corrected chi connectivity index (χ3v) is 5.06. The summed E-state index contributed by atoms with van der Waals surface area (Å²) in [5, 5.41) is 0. The van der Waals surface area contributed by atoms with Crippen LogP contribution in [0.2, 0.25) is 0 Å². The van der Waals surface area contributed by atoms with Crippen LogP contribution in [0.5, 0.6) is 0 Å². The molecular formula is C19H27N5O4S. The van der Waals surface area contributed by atoms with Crippen molar-refractivity contribution >= 4 is 29.2 Å². The van der Waals surface area contributed by atoms with E-state index in [2.05, 4.69) is 9.97 Å². The molecule has 3 N–H and O–H groups in total. The van der Waals surface area contributed by atoms with Gasteiger partial charge in [0, 0.05) is 38.3 Å². The molecule has 0 radical (unpaired) electrons. The summed E-state index contributed by atoms with van der Waals surface area (Å²) >= 11 is 1.41. The highest BCUT2D eigenvalue weighted by atomic mass is 32.2. The number of ether oxygens (including phenoxy) is 1. The molecule has 2 rings (SSSR count). The summed E-state index contributed by atoms with van der Waals surface area (Å²) in [4.78, 5) is 45.2. The fourth-order valence-corrected chi connectivity index (χ4v) is 3.58. The van der Waals surface area contributed by atoms with Crippen LogP contribution in [-0.4, -0.2) is 46.5 Å². The third kappa shape index (κ3) is 6.20. The lowest BCUT2D eigenvalue weighted by molar-refractivity contribution is -0.116. The lowest BCUT2D eigenvalue weighted by atomic mass is 10.2. The average Bonchev–Trinajstić information content (AvgIpc) is 2.68. The highest BCUT2D eigenvalue weighted by Crippen LogP contribution is 2.20. The number of nitrogens with zero attached hydrogens (tertiary/aromatic N) is 3. The molecule has 0 aliphatic carbocycles. The number of thioether (sulfide) groups is 1. The molecule has 9 nitrogen and oxygen atoms in total. The Morgan fingerprint density at radius 3 is 2.79 bits per heavy atom. The minimum absolute atomic E-state index is 0.0192. The normalized spacial score (nSPS) is 11.0. The van der Waals surface area contributed by atoms with Crippen LogP contribution in [0.3, 0.4) is 0 Å². The van der Waals surface area contributed by atoms with E-state index >= 15 is 0 Å². The van der Waals surface area contributed by atoms with Crippen LogP contribution >= 0.6 is 11.8 Å². The van der Waals surface area contributed by atoms with Crippen LogP contribution in [0, 0.1) is 5.92 Å². The van der Waals surface area contributed by atoms with E-state index in [4.69, 9.17) is 10.5 Å². The van der Waals surface area contributed by atoms with E-state index < -0.39 is 11.2 Å². The number of methoxy groups -OCH3 is 1. The van der Waals surface area contributed by atoms with Crippen LogP contribution in [0.15, 0.2) is 34.1 Å². The highest BCUT2D eigenvalue weighted by molar-refractivity contribution is 7.99. The predicted octanol–water partition coefficient (Wildman–Crippen LogP) is 1.08. The number of carbonyl (C=O) groups excluding carboxylic acids is 1. The first-order valence-electron chi connectivity index (χ1n) is 9.23. The molecule has 1 amide bonds. The molecule has 0 fully saturated rings. The minimum Gasteiger partial charge on any atom is -0.383 e. The van der Waals surface area contributed by atoms with Crippen molar-refractivity contribution in [2.75, 3.05) is 36.6 Å². The number of hydrogen-bond acceptors (Lipinski definition) is 7. The fourth-order valence-electron chi connectivity index (χ4n) is 2.75. The maximum absolute atomic E-state index is 12.9. The highest BCUT2D eigenvalue weighted by Gasteiger charge is 2.24. The van der Waals surface area contributed by atoms with Gasteiger partial charge in [0.15, 0.2) is 5.69 Å². The maximum Gasteiger partial charge on any atom is 0.330 e. The molecule has 0 aromatic carbocycles. The van der Waals surface area contributed by atoms with E-state index in [0.717, 1.165) is 5.56 Å². The maximum atomic E-state index is 12.9. The molecule has 0 saturated carbocycles. The van der Waals surface area contributed by atoms with Crippen LogP contribution in [0.4, 0.5) is 11.5 Å². The van der Waals surface area contributed by atoms with Crippen molar-refractivity contribution in [1.29, 1.82) is 0 Å². The average molecular weight is 422 g/mol. The van der Waals surface area contributed by atoms with Crippen molar-refractivity contribution in [2.24, 2.45) is 5.92 Å². The summed E-state index contributed by atoms with van der Waals surface area (Å²) in [5.41, 5.74) is 5.86. The first-order chi connectivity index (χ1) is 13.8. The molecule has 2 aromatic heterocycles. The monoisotopic (exact) mass is 421 g/mol. The number of anilines is 2. The molecule has 0 atom stereocenters. The number of H-pyrrole nitrogens is 1. The number of aromatic nitrogens is 3. The van der Waals surface area contributed by atoms with Gasteiger partial charge < -0.3 is 15.4 Å². The summed E-state index contributed by atoms with van der Waals surface area (Å²) < 4.78 is 6.37. The summed E-state index contributed by atoms with van der Waals surface area (Å²) in [5.74, 6) is 0.570. The molecule has 29 heavy (non-hydrogen) atoms. The number of nitrogens with two attached hydrogens (primary N) is 1. The number of pyridine rings is 1. The van der Waals surface area contributed by atoms with Crippen molar-refractivity contribution in [1.82, 2.24) is 14.5 Å². The van der Waals surface area contributed by atoms with Crippen molar-refractivity contribution < 1.29 is 9.53 Å². The topological polar surface area (TPSA) is 123 Å². The Bertz CT molecular complexity index is 926. The standard InChI is InChI=1S/C19H27N5O4S/c1-13(2)10-24-17(20)16(18(26)22-19(24)27)23(7-8-28-3)15(25)12-29-11-14-5-4-6-21-9-14/h4-6,9,13H,7-8,10-12,20H2,1-3H3,(H,22,26,27). The number of nitrogens with one attached hydrogen (secondary N) is 1. The Morgan fingerprint density at radius 1 is 1.41 bits per heavy atom. The fraction of sp³-hybridized carbons (Fsp3) is 0.474. The third-order valence-electron chi connectivity index (χ3n) is 4.07. The van der Waals surface area contributed by atoms with Crippen LogP contribution < -0.4 is 21.9 Å². The number of hydrogen-bond donors (Lipinski definition) is 2. The van der Waals surface area contributed by atoms with Crippen LogP contribution in [-0.2, 0) is 21.8 Å². The molecule has 0 saturated heterocycles. The van der Waals surface area contributed by atoms with Crippen molar-refractivity contribution in [3.63, 3.8) is 0 Å². The molecule has 0 unspecified atom stereocenters. The summed E-state index contributed by atoms with van der Waals surface area (Å²) in [6.07, 6.45) is 3.43. The minimum atomic E-state index is -0.686.